The summed E-state index contributed by atoms with van der Waals surface area (Å²) in [6, 6.07) is 16.7. The van der Waals surface area contributed by atoms with Crippen LogP contribution in [0.5, 0.6) is 5.75 Å². The molecular formula is C23H28N2O2. The fraction of sp³-hybridized carbons (Fsp3) is 0.435. The third-order valence-electron chi connectivity index (χ3n) is 5.69. The highest BCUT2D eigenvalue weighted by atomic mass is 16.5. The molecule has 0 aromatic heterocycles. The summed E-state index contributed by atoms with van der Waals surface area (Å²) in [5.74, 6) is 0.903. The number of benzene rings is 2. The second kappa shape index (κ2) is 8.03. The number of carbonyl (C=O) groups is 1. The molecule has 0 spiro atoms. The van der Waals surface area contributed by atoms with Gasteiger partial charge in [-0.3, -0.25) is 4.79 Å². The number of rotatable bonds is 4. The number of fused-ring (bicyclic) bond motifs is 1. The molecule has 1 aliphatic carbocycles. The molecule has 0 unspecified atom stereocenters. The van der Waals surface area contributed by atoms with Crippen LogP contribution in [-0.4, -0.2) is 43.1 Å². The standard InChI is InChI=1S/C23H28N2O2/c1-18(27-22-12-11-19-7-5-6-8-20(19)17-22)23(26)25-15-13-24(14-16-25)21-9-3-2-4-10-21/h2-4,9-12,17-18H,5-8,13-16H2,1H3/t18-/m1/s1. The second-order valence-corrected chi connectivity index (χ2v) is 7.55. The van der Waals surface area contributed by atoms with Crippen molar-refractivity contribution in [3.05, 3.63) is 59.7 Å². The third kappa shape index (κ3) is 4.10. The molecule has 27 heavy (non-hydrogen) atoms. The number of ether oxygens (including phenoxy) is 1. The molecule has 0 radical (unpaired) electrons. The van der Waals surface area contributed by atoms with Gasteiger partial charge in [0.05, 0.1) is 0 Å². The lowest BCUT2D eigenvalue weighted by Crippen LogP contribution is -2.52. The van der Waals surface area contributed by atoms with Crippen LogP contribution in [0, 0.1) is 0 Å². The Labute approximate surface area is 161 Å². The van der Waals surface area contributed by atoms with Crippen LogP contribution in [0.15, 0.2) is 48.5 Å². The number of nitrogens with zero attached hydrogens (tertiary/aromatic N) is 2. The van der Waals surface area contributed by atoms with E-state index in [1.54, 1.807) is 0 Å². The number of amides is 1. The van der Waals surface area contributed by atoms with E-state index in [0.29, 0.717) is 0 Å². The maximum atomic E-state index is 12.8. The molecule has 2 aromatic rings. The van der Waals surface area contributed by atoms with E-state index >= 15 is 0 Å². The Morgan fingerprint density at radius 3 is 2.37 bits per heavy atom. The molecule has 1 amide bonds. The van der Waals surface area contributed by atoms with Crippen LogP contribution in [0.4, 0.5) is 5.69 Å². The summed E-state index contributed by atoms with van der Waals surface area (Å²) in [5.41, 5.74) is 4.04. The summed E-state index contributed by atoms with van der Waals surface area (Å²) in [4.78, 5) is 17.1. The van der Waals surface area contributed by atoms with Crippen LogP contribution in [-0.2, 0) is 17.6 Å². The number of para-hydroxylation sites is 1. The average Bonchev–Trinajstić information content (AvgIpc) is 2.74. The number of hydrogen-bond donors (Lipinski definition) is 0. The molecule has 4 rings (SSSR count). The van der Waals surface area contributed by atoms with E-state index in [0.717, 1.165) is 44.8 Å². The minimum absolute atomic E-state index is 0.0837. The van der Waals surface area contributed by atoms with E-state index in [9.17, 15) is 4.79 Å². The van der Waals surface area contributed by atoms with Gasteiger partial charge >= 0.3 is 0 Å². The summed E-state index contributed by atoms with van der Waals surface area (Å²) in [6.45, 7) is 5.07. The quantitative estimate of drug-likeness (QED) is 0.830. The lowest BCUT2D eigenvalue weighted by atomic mass is 9.92. The minimum atomic E-state index is -0.449. The number of anilines is 1. The Hall–Kier alpha value is -2.49. The van der Waals surface area contributed by atoms with Crippen LogP contribution in [0.3, 0.4) is 0 Å². The van der Waals surface area contributed by atoms with Crippen molar-refractivity contribution in [1.29, 1.82) is 0 Å². The van der Waals surface area contributed by atoms with Gasteiger partial charge in [0.1, 0.15) is 5.75 Å². The summed E-state index contributed by atoms with van der Waals surface area (Å²) < 4.78 is 6.00. The predicted octanol–water partition coefficient (Wildman–Crippen LogP) is 3.68. The van der Waals surface area contributed by atoms with Gasteiger partial charge in [0.15, 0.2) is 6.10 Å². The molecule has 1 atom stereocenters. The maximum absolute atomic E-state index is 12.8. The first kappa shape index (κ1) is 17.9. The molecule has 4 nitrogen and oxygen atoms in total. The predicted molar refractivity (Wildman–Crippen MR) is 108 cm³/mol. The average molecular weight is 364 g/mol. The number of piperazine rings is 1. The fourth-order valence-electron chi connectivity index (χ4n) is 4.12. The van der Waals surface area contributed by atoms with Crippen molar-refractivity contribution in [2.75, 3.05) is 31.1 Å². The molecular weight excluding hydrogens is 336 g/mol. The Morgan fingerprint density at radius 2 is 1.63 bits per heavy atom. The van der Waals surface area contributed by atoms with Gasteiger partial charge in [-0.05, 0) is 68.0 Å². The number of carbonyl (C=O) groups excluding carboxylic acids is 1. The second-order valence-electron chi connectivity index (χ2n) is 7.55. The van der Waals surface area contributed by atoms with Crippen molar-refractivity contribution in [2.45, 2.75) is 38.7 Å². The number of hydrogen-bond acceptors (Lipinski definition) is 3. The van der Waals surface area contributed by atoms with Crippen molar-refractivity contribution in [2.24, 2.45) is 0 Å². The van der Waals surface area contributed by atoms with Crippen LogP contribution in [0.25, 0.3) is 0 Å². The third-order valence-corrected chi connectivity index (χ3v) is 5.69. The van der Waals surface area contributed by atoms with E-state index in [2.05, 4.69) is 41.3 Å². The fourth-order valence-corrected chi connectivity index (χ4v) is 4.12. The van der Waals surface area contributed by atoms with Crippen LogP contribution >= 0.6 is 0 Å². The Bertz CT molecular complexity index is 782. The SMILES string of the molecule is C[C@@H](Oc1ccc2c(c1)CCCC2)C(=O)N1CCN(c2ccccc2)CC1. The first-order valence-electron chi connectivity index (χ1n) is 10.1. The van der Waals surface area contributed by atoms with Gasteiger partial charge in [-0.1, -0.05) is 24.3 Å². The zero-order valence-electron chi connectivity index (χ0n) is 16.1. The highest BCUT2D eigenvalue weighted by molar-refractivity contribution is 5.81. The van der Waals surface area contributed by atoms with Gasteiger partial charge in [0.2, 0.25) is 0 Å². The molecule has 1 aliphatic heterocycles. The van der Waals surface area contributed by atoms with Gasteiger partial charge < -0.3 is 14.5 Å². The lowest BCUT2D eigenvalue weighted by molar-refractivity contribution is -0.138. The molecule has 1 fully saturated rings. The Kier molecular flexibility index (Phi) is 5.33. The summed E-state index contributed by atoms with van der Waals surface area (Å²) in [7, 11) is 0. The molecule has 4 heteroatoms. The van der Waals surface area contributed by atoms with Crippen molar-refractivity contribution in [3.63, 3.8) is 0 Å². The minimum Gasteiger partial charge on any atom is -0.481 e. The van der Waals surface area contributed by atoms with E-state index in [1.165, 1.54) is 29.7 Å². The van der Waals surface area contributed by atoms with Gasteiger partial charge in [-0.25, -0.2) is 0 Å². The normalized spacial score (nSPS) is 18.0. The highest BCUT2D eigenvalue weighted by Crippen LogP contribution is 2.26. The van der Waals surface area contributed by atoms with E-state index in [4.69, 9.17) is 4.74 Å². The van der Waals surface area contributed by atoms with Crippen molar-refractivity contribution >= 4 is 11.6 Å². The Morgan fingerprint density at radius 1 is 0.926 bits per heavy atom. The molecule has 1 saturated heterocycles. The maximum Gasteiger partial charge on any atom is 0.263 e. The van der Waals surface area contributed by atoms with E-state index in [-0.39, 0.29) is 5.91 Å². The van der Waals surface area contributed by atoms with Crippen molar-refractivity contribution in [3.8, 4) is 5.75 Å². The van der Waals surface area contributed by atoms with Gasteiger partial charge in [-0.15, -0.1) is 0 Å². The monoisotopic (exact) mass is 364 g/mol. The molecule has 142 valence electrons. The molecule has 1 heterocycles. The Balaban J connectivity index is 1.33. The van der Waals surface area contributed by atoms with Crippen molar-refractivity contribution < 1.29 is 9.53 Å². The van der Waals surface area contributed by atoms with Gasteiger partial charge in [0.25, 0.3) is 5.91 Å². The van der Waals surface area contributed by atoms with Crippen molar-refractivity contribution in [1.82, 2.24) is 4.90 Å². The molecule has 0 bridgehead atoms. The number of aryl methyl sites for hydroxylation is 2. The molecule has 2 aliphatic rings. The van der Waals surface area contributed by atoms with E-state index in [1.807, 2.05) is 24.0 Å². The van der Waals surface area contributed by atoms with Gasteiger partial charge in [0, 0.05) is 31.9 Å². The smallest absolute Gasteiger partial charge is 0.263 e. The topological polar surface area (TPSA) is 32.8 Å². The first-order valence-corrected chi connectivity index (χ1v) is 10.1. The van der Waals surface area contributed by atoms with Crippen LogP contribution in [0.2, 0.25) is 0 Å². The first-order chi connectivity index (χ1) is 13.2. The summed E-state index contributed by atoms with van der Waals surface area (Å²) >= 11 is 0. The molecule has 2 aromatic carbocycles. The highest BCUT2D eigenvalue weighted by Gasteiger charge is 2.26. The summed E-state index contributed by atoms with van der Waals surface area (Å²) in [5, 5.41) is 0. The van der Waals surface area contributed by atoms with Crippen LogP contribution < -0.4 is 9.64 Å². The zero-order valence-corrected chi connectivity index (χ0v) is 16.1. The molecule has 0 N–H and O–H groups in total. The van der Waals surface area contributed by atoms with Crippen LogP contribution in [0.1, 0.15) is 30.9 Å². The summed E-state index contributed by atoms with van der Waals surface area (Å²) in [6.07, 6.45) is 4.36. The molecule has 0 saturated carbocycles. The van der Waals surface area contributed by atoms with E-state index < -0.39 is 6.10 Å². The van der Waals surface area contributed by atoms with Gasteiger partial charge in [-0.2, -0.15) is 0 Å². The zero-order chi connectivity index (χ0) is 18.6. The lowest BCUT2D eigenvalue weighted by Gasteiger charge is -2.37. The largest absolute Gasteiger partial charge is 0.481 e.